The van der Waals surface area contributed by atoms with Gasteiger partial charge in [0.15, 0.2) is 5.82 Å². The molecule has 0 aliphatic carbocycles. The predicted octanol–water partition coefficient (Wildman–Crippen LogP) is 3.39. The molecule has 2 aromatic carbocycles. The maximum atomic E-state index is 12.3. The van der Waals surface area contributed by atoms with E-state index in [1.54, 1.807) is 30.3 Å². The third-order valence-electron chi connectivity index (χ3n) is 3.82. The summed E-state index contributed by atoms with van der Waals surface area (Å²) in [5, 5.41) is 14.1. The lowest BCUT2D eigenvalue weighted by molar-refractivity contribution is 0.102. The second-order valence-corrected chi connectivity index (χ2v) is 5.62. The molecule has 0 fully saturated rings. The molecular formula is C20H20N4O2. The Morgan fingerprint density at radius 1 is 0.923 bits per heavy atom. The molecule has 3 rings (SSSR count). The van der Waals surface area contributed by atoms with Gasteiger partial charge in [0.25, 0.3) is 5.91 Å². The summed E-state index contributed by atoms with van der Waals surface area (Å²) in [6.07, 6.45) is 0.898. The van der Waals surface area contributed by atoms with Gasteiger partial charge in [-0.3, -0.25) is 4.79 Å². The summed E-state index contributed by atoms with van der Waals surface area (Å²) in [6, 6.07) is 20.7. The molecule has 0 spiro atoms. The van der Waals surface area contributed by atoms with Crippen molar-refractivity contribution in [2.45, 2.75) is 6.42 Å². The van der Waals surface area contributed by atoms with Crippen molar-refractivity contribution in [3.8, 4) is 5.75 Å². The Balaban J connectivity index is 1.55. The summed E-state index contributed by atoms with van der Waals surface area (Å²) in [7, 11) is 1.53. The van der Waals surface area contributed by atoms with Gasteiger partial charge < -0.3 is 15.4 Å². The lowest BCUT2D eigenvalue weighted by Crippen LogP contribution is -2.15. The highest BCUT2D eigenvalue weighted by Gasteiger charge is 2.12. The van der Waals surface area contributed by atoms with Gasteiger partial charge in [0, 0.05) is 6.54 Å². The highest BCUT2D eigenvalue weighted by Crippen LogP contribution is 2.18. The molecule has 2 N–H and O–H groups in total. The lowest BCUT2D eigenvalue weighted by atomic mass is 10.1. The fraction of sp³-hybridized carbons (Fsp3) is 0.150. The van der Waals surface area contributed by atoms with Crippen LogP contribution in [0.4, 0.5) is 11.6 Å². The largest absolute Gasteiger partial charge is 0.496 e. The molecule has 0 atom stereocenters. The molecule has 0 radical (unpaired) electrons. The van der Waals surface area contributed by atoms with Gasteiger partial charge in [0.1, 0.15) is 11.6 Å². The Kier molecular flexibility index (Phi) is 5.77. The molecule has 6 heteroatoms. The first-order chi connectivity index (χ1) is 12.8. The fourth-order valence-electron chi connectivity index (χ4n) is 2.49. The molecule has 6 nitrogen and oxygen atoms in total. The summed E-state index contributed by atoms with van der Waals surface area (Å²) >= 11 is 0. The van der Waals surface area contributed by atoms with Gasteiger partial charge in [0.05, 0.1) is 12.7 Å². The van der Waals surface area contributed by atoms with Crippen LogP contribution in [-0.4, -0.2) is 29.8 Å². The van der Waals surface area contributed by atoms with Crippen molar-refractivity contribution in [3.05, 3.63) is 77.9 Å². The quantitative estimate of drug-likeness (QED) is 0.684. The number of rotatable bonds is 7. The van der Waals surface area contributed by atoms with Gasteiger partial charge in [-0.2, -0.15) is 0 Å². The Morgan fingerprint density at radius 2 is 1.62 bits per heavy atom. The van der Waals surface area contributed by atoms with Gasteiger partial charge in [0.2, 0.25) is 0 Å². The Hall–Kier alpha value is -3.41. The number of para-hydroxylation sites is 1. The number of carbonyl (C=O) groups excluding carboxylic acids is 1. The third-order valence-corrected chi connectivity index (χ3v) is 3.82. The van der Waals surface area contributed by atoms with E-state index in [1.807, 2.05) is 24.3 Å². The molecule has 3 aromatic rings. The van der Waals surface area contributed by atoms with Gasteiger partial charge in [-0.15, -0.1) is 10.2 Å². The number of hydrogen-bond donors (Lipinski definition) is 2. The molecule has 0 aliphatic heterocycles. The minimum atomic E-state index is -0.290. The maximum Gasteiger partial charge on any atom is 0.260 e. The Bertz CT molecular complexity index is 851. The number of hydrogen-bond acceptors (Lipinski definition) is 5. The van der Waals surface area contributed by atoms with E-state index < -0.39 is 0 Å². The molecule has 1 amide bonds. The SMILES string of the molecule is COc1ccccc1C(=O)Nc1ccc(NCCc2ccccc2)nn1. The predicted molar refractivity (Wildman–Crippen MR) is 102 cm³/mol. The van der Waals surface area contributed by atoms with E-state index in [0.717, 1.165) is 13.0 Å². The zero-order valence-corrected chi connectivity index (χ0v) is 14.5. The van der Waals surface area contributed by atoms with E-state index in [-0.39, 0.29) is 5.91 Å². The van der Waals surface area contributed by atoms with Crippen LogP contribution in [0.3, 0.4) is 0 Å². The first-order valence-corrected chi connectivity index (χ1v) is 8.32. The number of aromatic nitrogens is 2. The van der Waals surface area contributed by atoms with Crippen LogP contribution in [0.5, 0.6) is 5.75 Å². The van der Waals surface area contributed by atoms with Crippen LogP contribution in [0.25, 0.3) is 0 Å². The standard InChI is InChI=1S/C20H20N4O2/c1-26-17-10-6-5-9-16(17)20(25)22-19-12-11-18(23-24-19)21-14-13-15-7-3-2-4-8-15/h2-12H,13-14H2,1H3,(H,21,23)(H,22,24,25). The van der Waals surface area contributed by atoms with Crippen molar-refractivity contribution in [2.24, 2.45) is 0 Å². The van der Waals surface area contributed by atoms with E-state index in [2.05, 4.69) is 33.0 Å². The number of carbonyl (C=O) groups is 1. The summed E-state index contributed by atoms with van der Waals surface area (Å²) in [6.45, 7) is 0.756. The van der Waals surface area contributed by atoms with E-state index in [9.17, 15) is 4.79 Å². The topological polar surface area (TPSA) is 76.1 Å². The number of nitrogens with zero attached hydrogens (tertiary/aromatic N) is 2. The third kappa shape index (κ3) is 4.57. The van der Waals surface area contributed by atoms with E-state index in [0.29, 0.717) is 22.9 Å². The van der Waals surface area contributed by atoms with Crippen molar-refractivity contribution in [3.63, 3.8) is 0 Å². The molecule has 0 unspecified atom stereocenters. The van der Waals surface area contributed by atoms with Crippen molar-refractivity contribution >= 4 is 17.5 Å². The summed E-state index contributed by atoms with van der Waals surface area (Å²) in [5.41, 5.74) is 1.70. The minimum Gasteiger partial charge on any atom is -0.496 e. The van der Waals surface area contributed by atoms with Crippen LogP contribution in [0.15, 0.2) is 66.7 Å². The first kappa shape index (κ1) is 17.4. The number of nitrogens with one attached hydrogen (secondary N) is 2. The van der Waals surface area contributed by atoms with Crippen LogP contribution >= 0.6 is 0 Å². The van der Waals surface area contributed by atoms with Crippen LogP contribution in [-0.2, 0) is 6.42 Å². The zero-order chi connectivity index (χ0) is 18.2. The second-order valence-electron chi connectivity index (χ2n) is 5.62. The smallest absolute Gasteiger partial charge is 0.260 e. The average molecular weight is 348 g/mol. The van der Waals surface area contributed by atoms with Crippen molar-refractivity contribution < 1.29 is 9.53 Å². The first-order valence-electron chi connectivity index (χ1n) is 8.32. The average Bonchev–Trinajstić information content (AvgIpc) is 2.70. The number of amides is 1. The molecule has 132 valence electrons. The monoisotopic (exact) mass is 348 g/mol. The van der Waals surface area contributed by atoms with Crippen molar-refractivity contribution in [1.82, 2.24) is 10.2 Å². The molecule has 0 saturated carbocycles. The lowest BCUT2D eigenvalue weighted by Gasteiger charge is -2.09. The molecule has 0 bridgehead atoms. The number of anilines is 2. The molecule has 26 heavy (non-hydrogen) atoms. The van der Waals surface area contributed by atoms with Gasteiger partial charge in [-0.05, 0) is 36.2 Å². The van der Waals surface area contributed by atoms with E-state index in [4.69, 9.17) is 4.74 Å². The molecule has 0 aliphatic rings. The van der Waals surface area contributed by atoms with Crippen LogP contribution in [0, 0.1) is 0 Å². The zero-order valence-electron chi connectivity index (χ0n) is 14.5. The normalized spacial score (nSPS) is 10.2. The van der Waals surface area contributed by atoms with Crippen LogP contribution in [0.1, 0.15) is 15.9 Å². The summed E-state index contributed by atoms with van der Waals surface area (Å²) < 4.78 is 5.20. The number of methoxy groups -OCH3 is 1. The highest BCUT2D eigenvalue weighted by molar-refractivity contribution is 6.05. The molecular weight excluding hydrogens is 328 g/mol. The number of benzene rings is 2. The highest BCUT2D eigenvalue weighted by atomic mass is 16.5. The Morgan fingerprint density at radius 3 is 2.35 bits per heavy atom. The second kappa shape index (κ2) is 8.62. The summed E-state index contributed by atoms with van der Waals surface area (Å²) in [5.74, 6) is 1.27. The van der Waals surface area contributed by atoms with Crippen LogP contribution in [0.2, 0.25) is 0 Å². The van der Waals surface area contributed by atoms with Crippen molar-refractivity contribution in [1.29, 1.82) is 0 Å². The summed E-state index contributed by atoms with van der Waals surface area (Å²) in [4.78, 5) is 12.3. The van der Waals surface area contributed by atoms with Gasteiger partial charge in [-0.25, -0.2) is 0 Å². The Labute approximate surface area is 152 Å². The molecule has 1 aromatic heterocycles. The molecule has 0 saturated heterocycles. The van der Waals surface area contributed by atoms with Gasteiger partial charge >= 0.3 is 0 Å². The number of ether oxygens (including phenoxy) is 1. The fourth-order valence-corrected chi connectivity index (χ4v) is 2.49. The maximum absolute atomic E-state index is 12.3. The van der Waals surface area contributed by atoms with E-state index >= 15 is 0 Å². The van der Waals surface area contributed by atoms with Crippen molar-refractivity contribution in [2.75, 3.05) is 24.3 Å². The van der Waals surface area contributed by atoms with E-state index in [1.165, 1.54) is 12.7 Å². The molecule has 1 heterocycles. The van der Waals surface area contributed by atoms with Gasteiger partial charge in [-0.1, -0.05) is 42.5 Å². The van der Waals surface area contributed by atoms with Crippen LogP contribution < -0.4 is 15.4 Å². The minimum absolute atomic E-state index is 0.290.